The maximum absolute atomic E-state index is 12.2. The number of ether oxygens (including phenoxy) is 3. The van der Waals surface area contributed by atoms with Crippen molar-refractivity contribution in [3.8, 4) is 17.2 Å². The van der Waals surface area contributed by atoms with E-state index in [1.165, 1.54) is 6.42 Å². The smallest absolute Gasteiger partial charge is 0.231 e. The quantitative estimate of drug-likeness (QED) is 0.785. The zero-order valence-corrected chi connectivity index (χ0v) is 15.2. The van der Waals surface area contributed by atoms with E-state index in [9.17, 15) is 4.79 Å². The van der Waals surface area contributed by atoms with Crippen LogP contribution in [0.3, 0.4) is 0 Å². The summed E-state index contributed by atoms with van der Waals surface area (Å²) in [5.41, 5.74) is 1.79. The Balaban J connectivity index is 1.28. The summed E-state index contributed by atoms with van der Waals surface area (Å²) in [5.74, 6) is 2.85. The molecule has 1 fully saturated rings. The van der Waals surface area contributed by atoms with Crippen LogP contribution in [0.4, 0.5) is 5.69 Å². The van der Waals surface area contributed by atoms with Gasteiger partial charge >= 0.3 is 0 Å². The molecule has 0 radical (unpaired) electrons. The second-order valence-electron chi connectivity index (χ2n) is 6.95. The first-order valence-electron chi connectivity index (χ1n) is 9.38. The van der Waals surface area contributed by atoms with E-state index in [4.69, 9.17) is 14.2 Å². The Labute approximate surface area is 158 Å². The fourth-order valence-corrected chi connectivity index (χ4v) is 3.39. The number of nitrogens with one attached hydrogen (secondary N) is 2. The summed E-state index contributed by atoms with van der Waals surface area (Å²) in [4.78, 5) is 12.2. The lowest BCUT2D eigenvalue weighted by Crippen LogP contribution is -2.15. The van der Waals surface area contributed by atoms with Crippen LogP contribution in [-0.4, -0.2) is 25.8 Å². The lowest BCUT2D eigenvalue weighted by molar-refractivity contribution is -0.116. The van der Waals surface area contributed by atoms with Crippen LogP contribution < -0.4 is 24.8 Å². The van der Waals surface area contributed by atoms with Crippen molar-refractivity contribution in [3.05, 3.63) is 48.0 Å². The summed E-state index contributed by atoms with van der Waals surface area (Å²) >= 11 is 0. The van der Waals surface area contributed by atoms with Crippen molar-refractivity contribution < 1.29 is 19.0 Å². The van der Waals surface area contributed by atoms with E-state index in [1.54, 1.807) is 0 Å². The Hall–Kier alpha value is -2.73. The zero-order chi connectivity index (χ0) is 18.5. The van der Waals surface area contributed by atoms with Gasteiger partial charge in [0.15, 0.2) is 11.5 Å². The second kappa shape index (κ2) is 8.31. The summed E-state index contributed by atoms with van der Waals surface area (Å²) in [6.07, 6.45) is 2.66. The number of rotatable bonds is 7. The number of benzene rings is 2. The lowest BCUT2D eigenvalue weighted by Gasteiger charge is -2.11. The van der Waals surface area contributed by atoms with Crippen molar-refractivity contribution >= 4 is 11.6 Å². The molecule has 1 unspecified atom stereocenters. The van der Waals surface area contributed by atoms with Gasteiger partial charge in [-0.25, -0.2) is 0 Å². The topological polar surface area (TPSA) is 68.8 Å². The molecule has 1 atom stereocenters. The zero-order valence-electron chi connectivity index (χ0n) is 15.2. The molecule has 0 aromatic heterocycles. The molecule has 142 valence electrons. The van der Waals surface area contributed by atoms with Crippen molar-refractivity contribution in [1.82, 2.24) is 5.32 Å². The molecular weight excluding hydrogens is 344 g/mol. The predicted octanol–water partition coefficient (Wildman–Crippen LogP) is 3.32. The first kappa shape index (κ1) is 17.7. The molecule has 27 heavy (non-hydrogen) atoms. The monoisotopic (exact) mass is 368 g/mol. The van der Waals surface area contributed by atoms with Crippen LogP contribution in [0, 0.1) is 5.92 Å². The number of carbonyl (C=O) groups excluding carboxylic acids is 1. The molecule has 2 aromatic rings. The molecule has 0 saturated carbocycles. The molecule has 2 aliphatic heterocycles. The minimum Gasteiger partial charge on any atom is -0.489 e. The minimum absolute atomic E-state index is 0.0655. The molecule has 2 heterocycles. The van der Waals surface area contributed by atoms with Crippen molar-refractivity contribution in [3.63, 3.8) is 0 Å². The number of anilines is 1. The average Bonchev–Trinajstić information content (AvgIpc) is 3.36. The third kappa shape index (κ3) is 4.71. The Morgan fingerprint density at radius 2 is 2.11 bits per heavy atom. The van der Waals surface area contributed by atoms with Gasteiger partial charge in [0.25, 0.3) is 0 Å². The van der Waals surface area contributed by atoms with E-state index < -0.39 is 0 Å². The van der Waals surface area contributed by atoms with Gasteiger partial charge in [0, 0.05) is 18.2 Å². The number of fused-ring (bicyclic) bond motifs is 1. The van der Waals surface area contributed by atoms with Crippen molar-refractivity contribution in [2.75, 3.05) is 25.2 Å². The van der Waals surface area contributed by atoms with E-state index in [0.717, 1.165) is 42.3 Å². The molecule has 6 heteroatoms. The van der Waals surface area contributed by atoms with Crippen LogP contribution in [0.25, 0.3) is 0 Å². The van der Waals surface area contributed by atoms with Gasteiger partial charge < -0.3 is 24.8 Å². The van der Waals surface area contributed by atoms with Crippen molar-refractivity contribution in [2.24, 2.45) is 5.92 Å². The van der Waals surface area contributed by atoms with Gasteiger partial charge in [0.05, 0.1) is 0 Å². The molecule has 0 aliphatic carbocycles. The number of carbonyl (C=O) groups is 1. The first-order valence-corrected chi connectivity index (χ1v) is 9.38. The molecule has 2 N–H and O–H groups in total. The van der Waals surface area contributed by atoms with Crippen LogP contribution in [0.5, 0.6) is 17.2 Å². The summed E-state index contributed by atoms with van der Waals surface area (Å²) in [6.45, 7) is 2.76. The minimum atomic E-state index is 0.0655. The maximum atomic E-state index is 12.2. The Morgan fingerprint density at radius 1 is 1.19 bits per heavy atom. The highest BCUT2D eigenvalue weighted by molar-refractivity contribution is 5.90. The van der Waals surface area contributed by atoms with E-state index in [0.29, 0.717) is 24.7 Å². The molecule has 0 spiro atoms. The normalized spacial score (nSPS) is 17.7. The Morgan fingerprint density at radius 3 is 3.00 bits per heavy atom. The molecule has 4 rings (SSSR count). The van der Waals surface area contributed by atoms with Crippen LogP contribution in [-0.2, 0) is 11.4 Å². The first-order chi connectivity index (χ1) is 13.3. The number of hydrogen-bond acceptors (Lipinski definition) is 5. The summed E-state index contributed by atoms with van der Waals surface area (Å²) in [7, 11) is 0. The Bertz CT molecular complexity index is 803. The summed E-state index contributed by atoms with van der Waals surface area (Å²) < 4.78 is 16.5. The molecule has 1 saturated heterocycles. The number of amides is 1. The van der Waals surface area contributed by atoms with Gasteiger partial charge in [0.1, 0.15) is 12.4 Å². The van der Waals surface area contributed by atoms with Crippen molar-refractivity contribution in [2.45, 2.75) is 25.9 Å². The van der Waals surface area contributed by atoms with E-state index in [1.807, 2.05) is 42.5 Å². The largest absolute Gasteiger partial charge is 0.489 e. The summed E-state index contributed by atoms with van der Waals surface area (Å²) in [5, 5.41) is 6.32. The molecule has 0 bridgehead atoms. The van der Waals surface area contributed by atoms with Crippen LogP contribution >= 0.6 is 0 Å². The fraction of sp³-hybridized carbons (Fsp3) is 0.381. The molecular formula is C21H24N2O4. The standard InChI is InChI=1S/C21H24N2O4/c24-21(7-4-15-8-9-22-12-15)23-17-3-1-2-16(10-17)13-25-18-5-6-19-20(11-18)27-14-26-19/h1-3,5-6,10-11,15,22H,4,7-9,12-14H2,(H,23,24). The third-order valence-electron chi connectivity index (χ3n) is 4.90. The van der Waals surface area contributed by atoms with E-state index in [-0.39, 0.29) is 12.7 Å². The van der Waals surface area contributed by atoms with E-state index in [2.05, 4.69) is 10.6 Å². The summed E-state index contributed by atoms with van der Waals surface area (Å²) in [6, 6.07) is 13.3. The highest BCUT2D eigenvalue weighted by Gasteiger charge is 2.16. The molecule has 1 amide bonds. The highest BCUT2D eigenvalue weighted by atomic mass is 16.7. The van der Waals surface area contributed by atoms with Gasteiger partial charge in [-0.15, -0.1) is 0 Å². The lowest BCUT2D eigenvalue weighted by atomic mass is 10.0. The van der Waals surface area contributed by atoms with Crippen molar-refractivity contribution in [1.29, 1.82) is 0 Å². The highest BCUT2D eigenvalue weighted by Crippen LogP contribution is 2.35. The number of hydrogen-bond donors (Lipinski definition) is 2. The predicted molar refractivity (Wildman–Crippen MR) is 102 cm³/mol. The van der Waals surface area contributed by atoms with Crippen LogP contribution in [0.2, 0.25) is 0 Å². The molecule has 2 aliphatic rings. The maximum Gasteiger partial charge on any atom is 0.231 e. The van der Waals surface area contributed by atoms with Crippen LogP contribution in [0.1, 0.15) is 24.8 Å². The van der Waals surface area contributed by atoms with Gasteiger partial charge in [-0.3, -0.25) is 4.79 Å². The SMILES string of the molecule is O=C(CCC1CCNC1)Nc1cccc(COc2ccc3c(c2)OCO3)c1. The van der Waals surface area contributed by atoms with Crippen LogP contribution in [0.15, 0.2) is 42.5 Å². The van der Waals surface area contributed by atoms with Gasteiger partial charge in [-0.05, 0) is 61.7 Å². The second-order valence-corrected chi connectivity index (χ2v) is 6.95. The van der Waals surface area contributed by atoms with E-state index >= 15 is 0 Å². The Kier molecular flexibility index (Phi) is 5.44. The van der Waals surface area contributed by atoms with Gasteiger partial charge in [-0.1, -0.05) is 12.1 Å². The van der Waals surface area contributed by atoms with Gasteiger partial charge in [0.2, 0.25) is 12.7 Å². The molecule has 6 nitrogen and oxygen atoms in total. The molecule has 2 aromatic carbocycles. The third-order valence-corrected chi connectivity index (χ3v) is 4.90. The van der Waals surface area contributed by atoms with Gasteiger partial charge in [-0.2, -0.15) is 0 Å². The average molecular weight is 368 g/mol. The fourth-order valence-electron chi connectivity index (χ4n) is 3.39.